The van der Waals surface area contributed by atoms with Crippen LogP contribution in [-0.2, 0) is 4.79 Å². The number of carboxylic acids is 1. The first-order valence-corrected chi connectivity index (χ1v) is 4.03. The molecule has 0 aromatic carbocycles. The molecule has 0 aromatic heterocycles. The molecule has 3 heteroatoms. The third-order valence-electron chi connectivity index (χ3n) is 1.75. The van der Waals surface area contributed by atoms with E-state index in [0.717, 1.165) is 12.8 Å². The Morgan fingerprint density at radius 3 is 2.45 bits per heavy atom. The van der Waals surface area contributed by atoms with Gasteiger partial charge in [0.05, 0.1) is 0 Å². The minimum absolute atomic E-state index is 0.110. The molecule has 0 rings (SSSR count). The van der Waals surface area contributed by atoms with Crippen molar-refractivity contribution in [3.8, 4) is 0 Å². The van der Waals surface area contributed by atoms with Crippen LogP contribution in [0.2, 0.25) is 0 Å². The van der Waals surface area contributed by atoms with Gasteiger partial charge in [0.2, 0.25) is 0 Å². The normalized spacial score (nSPS) is 15.9. The van der Waals surface area contributed by atoms with E-state index < -0.39 is 5.97 Å². The number of nitrogens with two attached hydrogens (primary N) is 1. The van der Waals surface area contributed by atoms with E-state index in [1.807, 2.05) is 13.8 Å². The molecule has 0 aliphatic heterocycles. The molecule has 0 heterocycles. The highest BCUT2D eigenvalue weighted by Crippen LogP contribution is 2.14. The van der Waals surface area contributed by atoms with Crippen molar-refractivity contribution in [3.05, 3.63) is 0 Å². The molecule has 0 amide bonds. The van der Waals surface area contributed by atoms with Gasteiger partial charge in [-0.05, 0) is 19.3 Å². The van der Waals surface area contributed by atoms with Crippen molar-refractivity contribution in [2.45, 2.75) is 39.2 Å². The maximum Gasteiger partial charge on any atom is 0.303 e. The van der Waals surface area contributed by atoms with Crippen molar-refractivity contribution in [2.75, 3.05) is 0 Å². The molecular formula is C8H17NO2. The summed E-state index contributed by atoms with van der Waals surface area (Å²) in [5, 5.41) is 8.49. The molecule has 0 spiro atoms. The molecule has 0 saturated heterocycles. The topological polar surface area (TPSA) is 63.3 Å². The zero-order chi connectivity index (χ0) is 8.85. The largest absolute Gasteiger partial charge is 0.481 e. The summed E-state index contributed by atoms with van der Waals surface area (Å²) in [5.74, 6) is -0.481. The van der Waals surface area contributed by atoms with Gasteiger partial charge in [-0.1, -0.05) is 13.3 Å². The highest BCUT2D eigenvalue weighted by molar-refractivity contribution is 5.66. The number of aliphatic carboxylic acids is 1. The Bertz CT molecular complexity index is 123. The van der Waals surface area contributed by atoms with E-state index in [-0.39, 0.29) is 18.4 Å². The number of hydrogen-bond donors (Lipinski definition) is 2. The van der Waals surface area contributed by atoms with Gasteiger partial charge in [0.1, 0.15) is 0 Å². The van der Waals surface area contributed by atoms with E-state index >= 15 is 0 Å². The smallest absolute Gasteiger partial charge is 0.303 e. The zero-order valence-electron chi connectivity index (χ0n) is 7.21. The predicted octanol–water partition coefficient (Wildman–Crippen LogP) is 1.22. The van der Waals surface area contributed by atoms with Crippen LogP contribution in [0.4, 0.5) is 0 Å². The number of carboxylic acid groups (broad SMARTS) is 1. The van der Waals surface area contributed by atoms with Gasteiger partial charge in [0.15, 0.2) is 0 Å². The summed E-state index contributed by atoms with van der Waals surface area (Å²) in [4.78, 5) is 10.3. The van der Waals surface area contributed by atoms with Crippen LogP contribution >= 0.6 is 0 Å². The van der Waals surface area contributed by atoms with E-state index in [2.05, 4.69) is 0 Å². The Kier molecular flexibility index (Phi) is 4.86. The summed E-state index contributed by atoms with van der Waals surface area (Å²) in [5.41, 5.74) is 5.55. The quantitative estimate of drug-likeness (QED) is 0.634. The molecule has 3 N–H and O–H groups in total. The highest BCUT2D eigenvalue weighted by atomic mass is 16.4. The Hall–Kier alpha value is -0.570. The van der Waals surface area contributed by atoms with Crippen LogP contribution < -0.4 is 5.73 Å². The monoisotopic (exact) mass is 159 g/mol. The summed E-state index contributed by atoms with van der Waals surface area (Å²) in [6.45, 7) is 3.90. The van der Waals surface area contributed by atoms with Crippen molar-refractivity contribution >= 4 is 5.97 Å². The van der Waals surface area contributed by atoms with Crippen LogP contribution in [0.15, 0.2) is 0 Å². The average molecular weight is 159 g/mol. The molecule has 1 unspecified atom stereocenters. The lowest BCUT2D eigenvalue weighted by Gasteiger charge is -2.13. The molecular weight excluding hydrogens is 142 g/mol. The first kappa shape index (κ1) is 10.4. The third-order valence-corrected chi connectivity index (χ3v) is 1.75. The lowest BCUT2D eigenvalue weighted by atomic mass is 9.95. The van der Waals surface area contributed by atoms with Crippen molar-refractivity contribution in [2.24, 2.45) is 11.7 Å². The van der Waals surface area contributed by atoms with Crippen LogP contribution in [-0.4, -0.2) is 17.1 Å². The second kappa shape index (κ2) is 5.13. The van der Waals surface area contributed by atoms with E-state index in [4.69, 9.17) is 10.8 Å². The summed E-state index contributed by atoms with van der Waals surface area (Å²) < 4.78 is 0. The Balaban J connectivity index is 3.66. The molecule has 3 nitrogen and oxygen atoms in total. The average Bonchev–Trinajstić information content (AvgIpc) is 1.84. The van der Waals surface area contributed by atoms with E-state index in [0.29, 0.717) is 0 Å². The van der Waals surface area contributed by atoms with Crippen LogP contribution in [0.25, 0.3) is 0 Å². The number of carbonyl (C=O) groups is 1. The van der Waals surface area contributed by atoms with Gasteiger partial charge in [-0.15, -0.1) is 0 Å². The summed E-state index contributed by atoms with van der Waals surface area (Å²) >= 11 is 0. The van der Waals surface area contributed by atoms with E-state index in [9.17, 15) is 4.79 Å². The van der Waals surface area contributed by atoms with E-state index in [1.54, 1.807) is 0 Å². The summed E-state index contributed by atoms with van der Waals surface area (Å²) in [6.07, 6.45) is 1.95. The molecule has 0 aliphatic carbocycles. The lowest BCUT2D eigenvalue weighted by Crippen LogP contribution is -2.20. The van der Waals surface area contributed by atoms with E-state index in [1.165, 1.54) is 0 Å². The fourth-order valence-electron chi connectivity index (χ4n) is 1.17. The number of hydrogen-bond acceptors (Lipinski definition) is 2. The second-order valence-corrected chi connectivity index (χ2v) is 3.09. The summed E-state index contributed by atoms with van der Waals surface area (Å²) in [7, 11) is 0. The van der Waals surface area contributed by atoms with Gasteiger partial charge in [-0.3, -0.25) is 4.79 Å². The molecule has 66 valence electrons. The SMILES string of the molecule is CC[C@@H](CC(=O)O)CC(C)N. The molecule has 0 bridgehead atoms. The molecule has 0 radical (unpaired) electrons. The van der Waals surface area contributed by atoms with Crippen LogP contribution in [0.5, 0.6) is 0 Å². The summed E-state index contributed by atoms with van der Waals surface area (Å²) in [6, 6.07) is 0.110. The highest BCUT2D eigenvalue weighted by Gasteiger charge is 2.12. The van der Waals surface area contributed by atoms with Crippen molar-refractivity contribution in [1.29, 1.82) is 0 Å². The zero-order valence-corrected chi connectivity index (χ0v) is 7.21. The van der Waals surface area contributed by atoms with Gasteiger partial charge in [0, 0.05) is 12.5 Å². The van der Waals surface area contributed by atoms with Crippen molar-refractivity contribution in [3.63, 3.8) is 0 Å². The first-order chi connectivity index (χ1) is 5.06. The maximum absolute atomic E-state index is 10.3. The van der Waals surface area contributed by atoms with Crippen LogP contribution in [0.1, 0.15) is 33.1 Å². The standard InChI is InChI=1S/C8H17NO2/c1-3-7(4-6(2)9)5-8(10)11/h6-7H,3-5,9H2,1-2H3,(H,10,11)/t6?,7-/m1/s1. The van der Waals surface area contributed by atoms with Gasteiger partial charge in [-0.2, -0.15) is 0 Å². The predicted molar refractivity (Wildman–Crippen MR) is 44.3 cm³/mol. The minimum atomic E-state index is -0.725. The van der Waals surface area contributed by atoms with Crippen LogP contribution in [0.3, 0.4) is 0 Å². The Morgan fingerprint density at radius 2 is 2.18 bits per heavy atom. The van der Waals surface area contributed by atoms with Crippen molar-refractivity contribution in [1.82, 2.24) is 0 Å². The fraction of sp³-hybridized carbons (Fsp3) is 0.875. The molecule has 11 heavy (non-hydrogen) atoms. The molecule has 2 atom stereocenters. The van der Waals surface area contributed by atoms with Gasteiger partial charge < -0.3 is 10.8 Å². The van der Waals surface area contributed by atoms with Gasteiger partial charge >= 0.3 is 5.97 Å². The Morgan fingerprint density at radius 1 is 1.64 bits per heavy atom. The maximum atomic E-state index is 10.3. The molecule has 0 aliphatic rings. The Labute approximate surface area is 67.6 Å². The molecule has 0 aromatic rings. The fourth-order valence-corrected chi connectivity index (χ4v) is 1.17. The third kappa shape index (κ3) is 5.85. The van der Waals surface area contributed by atoms with Crippen molar-refractivity contribution < 1.29 is 9.90 Å². The van der Waals surface area contributed by atoms with Gasteiger partial charge in [0.25, 0.3) is 0 Å². The van der Waals surface area contributed by atoms with Crippen LogP contribution in [0, 0.1) is 5.92 Å². The second-order valence-electron chi connectivity index (χ2n) is 3.09. The lowest BCUT2D eigenvalue weighted by molar-refractivity contribution is -0.138. The minimum Gasteiger partial charge on any atom is -0.481 e. The molecule has 0 saturated carbocycles. The first-order valence-electron chi connectivity index (χ1n) is 4.03. The molecule has 0 fully saturated rings. The number of rotatable bonds is 5. The van der Waals surface area contributed by atoms with Gasteiger partial charge in [-0.25, -0.2) is 0 Å².